The molecule has 6 aromatic carbocycles. The number of allylic oxidation sites excluding steroid dienone is 4. The van der Waals surface area contributed by atoms with Gasteiger partial charge in [0, 0.05) is 32.8 Å². The number of pyridine rings is 1. The Hall–Kier alpha value is -5.49. The summed E-state index contributed by atoms with van der Waals surface area (Å²) < 4.78 is 14.9. The van der Waals surface area contributed by atoms with Crippen LogP contribution in [0.15, 0.2) is 162 Å². The normalized spacial score (nSPS) is 13.6. The van der Waals surface area contributed by atoms with Crippen LogP contribution in [0, 0.1) is 13.8 Å². The number of hydrogen-bond acceptors (Lipinski definition) is 4. The van der Waals surface area contributed by atoms with Gasteiger partial charge in [-0.05, 0) is 83.8 Å². The zero-order chi connectivity index (χ0) is 36.1. The summed E-state index contributed by atoms with van der Waals surface area (Å²) in [5.74, 6) is 1.82. The fraction of sp³-hybridized carbons (Fsp3) is 0.128. The van der Waals surface area contributed by atoms with Gasteiger partial charge in [0.05, 0.1) is 22.6 Å². The predicted molar refractivity (Wildman–Crippen MR) is 223 cm³/mol. The van der Waals surface area contributed by atoms with Crippen molar-refractivity contribution in [2.75, 3.05) is 24.7 Å². The van der Waals surface area contributed by atoms with E-state index in [1.54, 1.807) is 11.8 Å². The van der Waals surface area contributed by atoms with E-state index in [0.29, 0.717) is 19.8 Å². The predicted octanol–water partition coefficient (Wildman–Crippen LogP) is 11.9. The van der Waals surface area contributed by atoms with Crippen LogP contribution in [0.5, 0.6) is 11.5 Å². The van der Waals surface area contributed by atoms with Gasteiger partial charge in [-0.1, -0.05) is 120 Å². The van der Waals surface area contributed by atoms with Crippen molar-refractivity contribution >= 4 is 67.6 Å². The number of halogens is 1. The maximum absolute atomic E-state index is 6.46. The number of hydrogen-bond donors (Lipinski definition) is 0. The summed E-state index contributed by atoms with van der Waals surface area (Å²) in [5.41, 5.74) is 6.03. The molecule has 0 amide bonds. The van der Waals surface area contributed by atoms with Crippen molar-refractivity contribution in [2.24, 2.45) is 0 Å². The Kier molecular flexibility index (Phi) is 10.2. The van der Waals surface area contributed by atoms with E-state index in [-0.39, 0.29) is 0 Å². The summed E-state index contributed by atoms with van der Waals surface area (Å²) in [6.07, 6.45) is 12.9. The maximum Gasteiger partial charge on any atom is 0.213 e. The first kappa shape index (κ1) is 34.6. The molecular weight excluding hydrogens is 692 g/mol. The largest absolute Gasteiger partial charge is 0.491 e. The van der Waals surface area contributed by atoms with Gasteiger partial charge in [0.2, 0.25) is 5.52 Å². The molecule has 2 heterocycles. The summed E-state index contributed by atoms with van der Waals surface area (Å²) in [4.78, 5) is 3.48. The molecule has 0 atom stereocenters. The van der Waals surface area contributed by atoms with Gasteiger partial charge in [-0.3, -0.25) is 0 Å². The molecule has 0 radical (unpaired) electrons. The molecule has 0 spiro atoms. The summed E-state index contributed by atoms with van der Waals surface area (Å²) in [5, 5.41) is 7.70. The van der Waals surface area contributed by atoms with E-state index in [9.17, 15) is 0 Å². The maximum atomic E-state index is 6.46. The second kappa shape index (κ2) is 15.6. The van der Waals surface area contributed by atoms with Crippen molar-refractivity contribution in [3.05, 3.63) is 179 Å². The lowest BCUT2D eigenvalue weighted by molar-refractivity contribution is -0.672. The molecule has 0 unspecified atom stereocenters. The second-order valence-electron chi connectivity index (χ2n) is 13.2. The number of anilines is 1. The SMILES string of the molecule is Cc1cc2c(C=CC=CC=C3Sc4ccc(Cl)cc4N3CCOc3cccc4ccccc34)cc[n+](CCOc3cccc4ccccc34)c2cc1C. The Morgan fingerprint density at radius 3 is 2.11 bits per heavy atom. The van der Waals surface area contributed by atoms with Crippen molar-refractivity contribution in [2.45, 2.75) is 25.3 Å². The van der Waals surface area contributed by atoms with E-state index in [0.717, 1.165) is 44.6 Å². The molecule has 0 bridgehead atoms. The van der Waals surface area contributed by atoms with Crippen LogP contribution in [-0.4, -0.2) is 19.8 Å². The minimum absolute atomic E-state index is 0.538. The molecule has 4 nitrogen and oxygen atoms in total. The van der Waals surface area contributed by atoms with Crippen molar-refractivity contribution in [3.63, 3.8) is 0 Å². The van der Waals surface area contributed by atoms with Crippen LogP contribution in [0.3, 0.4) is 0 Å². The quantitative estimate of drug-likeness (QED) is 0.0977. The van der Waals surface area contributed by atoms with Gasteiger partial charge < -0.3 is 14.4 Å². The van der Waals surface area contributed by atoms with Gasteiger partial charge in [-0.25, -0.2) is 0 Å². The van der Waals surface area contributed by atoms with Crippen LogP contribution < -0.4 is 18.9 Å². The third-order valence-corrected chi connectivity index (χ3v) is 11.1. The molecule has 6 heteroatoms. The van der Waals surface area contributed by atoms with Gasteiger partial charge in [-0.15, -0.1) is 0 Å². The first-order valence-corrected chi connectivity index (χ1v) is 19.2. The number of aryl methyl sites for hydroxylation is 2. The third-order valence-electron chi connectivity index (χ3n) is 9.76. The molecule has 7 aromatic rings. The summed E-state index contributed by atoms with van der Waals surface area (Å²) >= 11 is 8.21. The number of rotatable bonds is 11. The van der Waals surface area contributed by atoms with Crippen molar-refractivity contribution in [3.8, 4) is 11.5 Å². The molecule has 1 aliphatic heterocycles. The highest BCUT2D eigenvalue weighted by molar-refractivity contribution is 8.03. The molecule has 0 saturated carbocycles. The molecule has 8 rings (SSSR count). The molecule has 53 heavy (non-hydrogen) atoms. The van der Waals surface area contributed by atoms with Gasteiger partial charge in [-0.2, -0.15) is 4.57 Å². The second-order valence-corrected chi connectivity index (χ2v) is 14.7. The monoisotopic (exact) mass is 731 g/mol. The standard InChI is InChI=1S/C47H40ClN2O2S/c1-33-30-41-37(24-25-49(42(41)31-34(33)2)26-28-51-44-19-10-15-35-13-6-8-17-39(35)44)12-4-3-5-21-47-50(43-32-38(48)22-23-46(43)53-47)27-29-52-45-20-11-16-36-14-7-9-18-40(36)45/h3-25,30-32H,26-29H2,1-2H3/q+1. The molecular formula is C47H40ClN2O2S+. The Bertz CT molecular complexity index is 2550. The molecule has 0 N–H and O–H groups in total. The minimum atomic E-state index is 0.538. The first-order chi connectivity index (χ1) is 26.0. The van der Waals surface area contributed by atoms with E-state index in [2.05, 4.69) is 157 Å². The number of nitrogens with zero attached hydrogens (tertiary/aromatic N) is 2. The van der Waals surface area contributed by atoms with E-state index in [1.165, 1.54) is 43.3 Å². The fourth-order valence-corrected chi connectivity index (χ4v) is 8.13. The topological polar surface area (TPSA) is 25.6 Å². The summed E-state index contributed by atoms with van der Waals surface area (Å²) in [6, 6.07) is 42.0. The van der Waals surface area contributed by atoms with Crippen molar-refractivity contribution < 1.29 is 14.0 Å². The molecule has 0 saturated heterocycles. The number of benzene rings is 6. The van der Waals surface area contributed by atoms with Gasteiger partial charge in [0.1, 0.15) is 24.7 Å². The zero-order valence-corrected chi connectivity index (χ0v) is 31.4. The highest BCUT2D eigenvalue weighted by Gasteiger charge is 2.25. The van der Waals surface area contributed by atoms with Crippen LogP contribution in [-0.2, 0) is 6.54 Å². The van der Waals surface area contributed by atoms with Crippen molar-refractivity contribution in [1.82, 2.24) is 0 Å². The molecule has 1 aliphatic rings. The molecule has 262 valence electrons. The van der Waals surface area contributed by atoms with E-state index in [1.807, 2.05) is 24.3 Å². The third kappa shape index (κ3) is 7.54. The average molecular weight is 732 g/mol. The highest BCUT2D eigenvalue weighted by Crippen LogP contribution is 2.47. The van der Waals surface area contributed by atoms with Crippen LogP contribution in [0.4, 0.5) is 5.69 Å². The zero-order valence-electron chi connectivity index (χ0n) is 29.8. The summed E-state index contributed by atoms with van der Waals surface area (Å²) in [7, 11) is 0. The number of ether oxygens (including phenoxy) is 2. The van der Waals surface area contributed by atoms with Crippen LogP contribution >= 0.6 is 23.4 Å². The molecule has 0 aliphatic carbocycles. The number of aromatic nitrogens is 1. The molecule has 0 fully saturated rings. The van der Waals surface area contributed by atoms with E-state index >= 15 is 0 Å². The Labute approximate surface area is 320 Å². The summed E-state index contributed by atoms with van der Waals surface area (Å²) in [6.45, 7) is 6.91. The Morgan fingerprint density at radius 2 is 1.36 bits per heavy atom. The Morgan fingerprint density at radius 1 is 0.679 bits per heavy atom. The number of thioether (sulfide) groups is 1. The van der Waals surface area contributed by atoms with Gasteiger partial charge >= 0.3 is 0 Å². The number of fused-ring (bicyclic) bond motifs is 4. The lowest BCUT2D eigenvalue weighted by Gasteiger charge is -2.21. The lowest BCUT2D eigenvalue weighted by atomic mass is 10.0. The Balaban J connectivity index is 0.976. The highest BCUT2D eigenvalue weighted by atomic mass is 35.5. The lowest BCUT2D eigenvalue weighted by Crippen LogP contribution is -2.37. The smallest absolute Gasteiger partial charge is 0.213 e. The van der Waals surface area contributed by atoms with Crippen molar-refractivity contribution in [1.29, 1.82) is 0 Å². The van der Waals surface area contributed by atoms with E-state index < -0.39 is 0 Å². The van der Waals surface area contributed by atoms with Gasteiger partial charge in [0.25, 0.3) is 0 Å². The van der Waals surface area contributed by atoms with Crippen LogP contribution in [0.1, 0.15) is 16.7 Å². The van der Waals surface area contributed by atoms with Gasteiger partial charge in [0.15, 0.2) is 12.7 Å². The van der Waals surface area contributed by atoms with E-state index in [4.69, 9.17) is 21.1 Å². The fourth-order valence-electron chi connectivity index (χ4n) is 6.88. The average Bonchev–Trinajstić information content (AvgIpc) is 3.52. The van der Waals surface area contributed by atoms with Crippen LogP contribution in [0.2, 0.25) is 5.02 Å². The minimum Gasteiger partial charge on any atom is -0.491 e. The van der Waals surface area contributed by atoms with Crippen LogP contribution in [0.25, 0.3) is 38.5 Å². The molecule has 1 aromatic heterocycles. The first-order valence-electron chi connectivity index (χ1n) is 18.0.